The number of carbonyl (C=O) groups excluding carboxylic acids is 1. The van der Waals surface area contributed by atoms with Crippen molar-refractivity contribution in [3.05, 3.63) is 0 Å². The van der Waals surface area contributed by atoms with Crippen molar-refractivity contribution in [2.45, 2.75) is 24.4 Å². The van der Waals surface area contributed by atoms with Gasteiger partial charge in [-0.2, -0.15) is 0 Å². The summed E-state index contributed by atoms with van der Waals surface area (Å²) in [4.78, 5) is 11.9. The van der Waals surface area contributed by atoms with E-state index in [1.54, 1.807) is 0 Å². The zero-order valence-electron chi connectivity index (χ0n) is 8.59. The fraction of sp³-hybridized carbons (Fsp3) is 0.750. The Kier molecular flexibility index (Phi) is 7.04. The molecular formula is C8H15NO5S2. The minimum Gasteiger partial charge on any atom is -0.394 e. The van der Waals surface area contributed by atoms with Gasteiger partial charge in [0, 0.05) is 7.05 Å². The van der Waals surface area contributed by atoms with Crippen LogP contribution in [0, 0.1) is 0 Å². The topological polar surface area (TPSA) is 101 Å². The zero-order chi connectivity index (χ0) is 12.9. The van der Waals surface area contributed by atoms with Crippen LogP contribution in [-0.2, 0) is 4.79 Å². The Labute approximate surface area is 104 Å². The Bertz CT molecular complexity index is 253. The minimum atomic E-state index is -1.65. The lowest BCUT2D eigenvalue weighted by Crippen LogP contribution is -2.53. The quantitative estimate of drug-likeness (QED) is 0.211. The highest BCUT2D eigenvalue weighted by Gasteiger charge is 2.33. The van der Waals surface area contributed by atoms with Gasteiger partial charge in [0.25, 0.3) is 0 Å². The second-order valence-electron chi connectivity index (χ2n) is 3.25. The lowest BCUT2D eigenvalue weighted by molar-refractivity contribution is -0.124. The molecule has 0 amide bonds. The highest BCUT2D eigenvalue weighted by Crippen LogP contribution is 2.10. The predicted molar refractivity (Wildman–Crippen MR) is 64.3 cm³/mol. The summed E-state index contributed by atoms with van der Waals surface area (Å²) in [6.45, 7) is -0.723. The van der Waals surface area contributed by atoms with E-state index in [1.165, 1.54) is 11.9 Å². The number of thiocarbonyl (C=S) groups is 1. The number of aldehydes is 1. The lowest BCUT2D eigenvalue weighted by atomic mass is 10.0. The number of aliphatic hydroxyl groups is 4. The maximum atomic E-state index is 10.8. The van der Waals surface area contributed by atoms with Gasteiger partial charge in [0.2, 0.25) is 0 Å². The molecule has 0 rings (SSSR count). The summed E-state index contributed by atoms with van der Waals surface area (Å²) in [7, 11) is 1.41. The van der Waals surface area contributed by atoms with Crippen LogP contribution in [-0.4, -0.2) is 73.9 Å². The molecule has 4 N–H and O–H groups in total. The number of nitrogens with zero attached hydrogens (tertiary/aromatic N) is 1. The molecule has 16 heavy (non-hydrogen) atoms. The monoisotopic (exact) mass is 269 g/mol. The van der Waals surface area contributed by atoms with Crippen LogP contribution in [0.15, 0.2) is 0 Å². The predicted octanol–water partition coefficient (Wildman–Crippen LogP) is -2.22. The van der Waals surface area contributed by atoms with Gasteiger partial charge in [-0.25, -0.2) is 0 Å². The molecular weight excluding hydrogens is 254 g/mol. The van der Waals surface area contributed by atoms with Gasteiger partial charge in [-0.3, -0.25) is 0 Å². The summed E-state index contributed by atoms with van der Waals surface area (Å²) in [5, 5.41) is 36.7. The molecule has 0 heterocycles. The van der Waals surface area contributed by atoms with Crippen molar-refractivity contribution in [3.8, 4) is 0 Å². The fourth-order valence-electron chi connectivity index (χ4n) is 1.07. The number of aliphatic hydroxyl groups excluding tert-OH is 4. The average Bonchev–Trinajstić information content (AvgIpc) is 2.27. The highest BCUT2D eigenvalue weighted by molar-refractivity contribution is 8.10. The van der Waals surface area contributed by atoms with Crippen LogP contribution in [0.3, 0.4) is 0 Å². The van der Waals surface area contributed by atoms with E-state index in [2.05, 4.69) is 24.8 Å². The summed E-state index contributed by atoms with van der Waals surface area (Å²) in [6.07, 6.45) is -4.38. The number of thiol groups is 1. The van der Waals surface area contributed by atoms with Gasteiger partial charge in [0.15, 0.2) is 0 Å². The van der Waals surface area contributed by atoms with Crippen molar-refractivity contribution in [2.24, 2.45) is 0 Å². The second kappa shape index (κ2) is 7.15. The first kappa shape index (κ1) is 15.8. The molecule has 0 saturated heterocycles. The van der Waals surface area contributed by atoms with Crippen LogP contribution < -0.4 is 0 Å². The van der Waals surface area contributed by atoms with E-state index in [0.717, 1.165) is 0 Å². The normalized spacial score (nSPS) is 18.4. The van der Waals surface area contributed by atoms with Crippen LogP contribution in [0.2, 0.25) is 0 Å². The highest BCUT2D eigenvalue weighted by atomic mass is 32.1. The smallest absolute Gasteiger partial charge is 0.145 e. The molecule has 94 valence electrons. The Morgan fingerprint density at radius 1 is 1.44 bits per heavy atom. The Balaban J connectivity index is 4.70. The number of carbonyl (C=O) groups is 1. The third kappa shape index (κ3) is 3.96. The molecule has 8 heteroatoms. The van der Waals surface area contributed by atoms with E-state index >= 15 is 0 Å². The van der Waals surface area contributed by atoms with Gasteiger partial charge in [0.1, 0.15) is 35.0 Å². The first-order valence-corrected chi connectivity index (χ1v) is 5.28. The number of rotatable bonds is 6. The molecule has 0 aliphatic carbocycles. The van der Waals surface area contributed by atoms with Crippen molar-refractivity contribution in [2.75, 3.05) is 13.7 Å². The van der Waals surface area contributed by atoms with Gasteiger partial charge < -0.3 is 30.1 Å². The fourth-order valence-corrected chi connectivity index (χ4v) is 1.32. The maximum absolute atomic E-state index is 10.8. The van der Waals surface area contributed by atoms with Crippen molar-refractivity contribution >= 4 is 35.5 Å². The lowest BCUT2D eigenvalue weighted by Gasteiger charge is -2.31. The molecule has 0 aromatic rings. The first-order valence-electron chi connectivity index (χ1n) is 4.42. The summed E-state index contributed by atoms with van der Waals surface area (Å²) in [6, 6.07) is -1.14. The second-order valence-corrected chi connectivity index (χ2v) is 4.36. The first-order chi connectivity index (χ1) is 7.36. The van der Waals surface area contributed by atoms with Crippen LogP contribution in [0.5, 0.6) is 0 Å². The third-order valence-corrected chi connectivity index (χ3v) is 2.77. The van der Waals surface area contributed by atoms with Crippen molar-refractivity contribution in [3.63, 3.8) is 0 Å². The van der Waals surface area contributed by atoms with Gasteiger partial charge in [-0.15, -0.1) is 12.6 Å². The van der Waals surface area contributed by atoms with E-state index in [1.807, 2.05) is 0 Å². The minimum absolute atomic E-state index is 0.0573. The van der Waals surface area contributed by atoms with Gasteiger partial charge in [-0.1, -0.05) is 12.2 Å². The average molecular weight is 269 g/mol. The van der Waals surface area contributed by atoms with E-state index < -0.39 is 31.0 Å². The molecule has 0 saturated carbocycles. The van der Waals surface area contributed by atoms with Crippen LogP contribution in [0.4, 0.5) is 0 Å². The molecule has 0 aliphatic rings. The zero-order valence-corrected chi connectivity index (χ0v) is 10.3. The van der Waals surface area contributed by atoms with Crippen LogP contribution in [0.1, 0.15) is 0 Å². The van der Waals surface area contributed by atoms with Gasteiger partial charge >= 0.3 is 0 Å². The Morgan fingerprint density at radius 2 is 1.94 bits per heavy atom. The SMILES string of the molecule is CN(C(=S)S)[C@@H](C=O)[C@@H](O)[C@H](O)[C@H](O)CO. The molecule has 0 aromatic heterocycles. The van der Waals surface area contributed by atoms with Gasteiger partial charge in [-0.05, 0) is 0 Å². The molecule has 6 nitrogen and oxygen atoms in total. The number of likely N-dealkylation sites (N-methyl/N-ethyl adjacent to an activating group) is 1. The molecule has 0 spiro atoms. The number of hydrogen-bond acceptors (Lipinski definition) is 6. The summed E-state index contributed by atoms with van der Waals surface area (Å²) >= 11 is 8.51. The molecule has 0 unspecified atom stereocenters. The van der Waals surface area contributed by atoms with Crippen LogP contribution in [0.25, 0.3) is 0 Å². The number of hydrogen-bond donors (Lipinski definition) is 5. The Morgan fingerprint density at radius 3 is 2.25 bits per heavy atom. The largest absolute Gasteiger partial charge is 0.394 e. The van der Waals surface area contributed by atoms with E-state index in [0.29, 0.717) is 6.29 Å². The molecule has 0 aromatic carbocycles. The van der Waals surface area contributed by atoms with Crippen molar-refractivity contribution < 1.29 is 25.2 Å². The van der Waals surface area contributed by atoms with Gasteiger partial charge in [0.05, 0.1) is 6.61 Å². The molecule has 0 radical (unpaired) electrons. The molecule has 4 atom stereocenters. The third-order valence-electron chi connectivity index (χ3n) is 2.17. The van der Waals surface area contributed by atoms with E-state index in [-0.39, 0.29) is 4.32 Å². The van der Waals surface area contributed by atoms with Crippen molar-refractivity contribution in [1.29, 1.82) is 0 Å². The van der Waals surface area contributed by atoms with Crippen molar-refractivity contribution in [1.82, 2.24) is 4.90 Å². The standard InChI is InChI=1S/C8H15NO5S2/c1-9(8(15)16)4(2-10)6(13)7(14)5(12)3-11/h2,4-7,11-14H,3H2,1H3,(H,15,16)/t4-,5+,6+,7+/m0/s1. The molecule has 0 bridgehead atoms. The summed E-state index contributed by atoms with van der Waals surface area (Å²) < 4.78 is 0.0573. The molecule has 0 fully saturated rings. The van der Waals surface area contributed by atoms with Crippen LogP contribution >= 0.6 is 24.8 Å². The summed E-state index contributed by atoms with van der Waals surface area (Å²) in [5.74, 6) is 0. The maximum Gasteiger partial charge on any atom is 0.145 e. The summed E-state index contributed by atoms with van der Waals surface area (Å²) in [5.41, 5.74) is 0. The Hall–Kier alpha value is -0.250. The van der Waals surface area contributed by atoms with E-state index in [4.69, 9.17) is 10.2 Å². The molecule has 0 aliphatic heterocycles. The van der Waals surface area contributed by atoms with E-state index in [9.17, 15) is 15.0 Å².